The van der Waals surface area contributed by atoms with Crippen LogP contribution in [0, 0.1) is 12.3 Å². The first-order valence-electron chi connectivity index (χ1n) is 7.79. The third-order valence-electron chi connectivity index (χ3n) is 3.60. The Morgan fingerprint density at radius 2 is 1.96 bits per heavy atom. The molecule has 140 valence electrons. The number of ether oxygens (including phenoxy) is 1. The molecule has 0 atom stereocenters. The molecule has 1 aromatic heterocycles. The van der Waals surface area contributed by atoms with Crippen molar-refractivity contribution in [1.82, 2.24) is 9.97 Å². The topological polar surface area (TPSA) is 134 Å². The number of hydrogen-bond donors (Lipinski definition) is 2. The molecule has 9 heteroatoms. The summed E-state index contributed by atoms with van der Waals surface area (Å²) in [4.78, 5) is 8.63. The van der Waals surface area contributed by atoms with E-state index in [1.807, 2.05) is 0 Å². The number of nitrogen functional groups attached to an aromatic ring is 1. The highest BCUT2D eigenvalue weighted by Crippen LogP contribution is 2.23. The van der Waals surface area contributed by atoms with Gasteiger partial charge in [0.05, 0.1) is 22.0 Å². The van der Waals surface area contributed by atoms with Gasteiger partial charge in [-0.3, -0.25) is 0 Å². The molecule has 0 amide bonds. The Labute approximate surface area is 157 Å². The molecule has 0 aliphatic carbocycles. The van der Waals surface area contributed by atoms with Gasteiger partial charge in [0, 0.05) is 5.56 Å². The van der Waals surface area contributed by atoms with Gasteiger partial charge in [-0.1, -0.05) is 12.1 Å². The summed E-state index contributed by atoms with van der Waals surface area (Å²) in [7, 11) is -3.36. The highest BCUT2D eigenvalue weighted by Gasteiger charge is 2.20. The molecule has 0 aliphatic rings. The van der Waals surface area contributed by atoms with E-state index in [2.05, 4.69) is 27.6 Å². The Bertz CT molecular complexity index is 1040. The van der Waals surface area contributed by atoms with E-state index in [4.69, 9.17) is 22.7 Å². The van der Waals surface area contributed by atoms with Gasteiger partial charge in [0.15, 0.2) is 27.1 Å². The molecule has 8 nitrogen and oxygen atoms in total. The van der Waals surface area contributed by atoms with Gasteiger partial charge >= 0.3 is 0 Å². The molecule has 4 N–H and O–H groups in total. The number of allylic oxidation sites excluding steroid dienone is 1. The largest absolute Gasteiger partial charge is 0.427 e. The fourth-order valence-corrected chi connectivity index (χ4v) is 3.12. The van der Waals surface area contributed by atoms with Crippen molar-refractivity contribution in [3.05, 3.63) is 48.5 Å². The molecule has 27 heavy (non-hydrogen) atoms. The van der Waals surface area contributed by atoms with E-state index in [0.717, 1.165) is 0 Å². The van der Waals surface area contributed by atoms with Crippen LogP contribution in [0.5, 0.6) is 0 Å². The van der Waals surface area contributed by atoms with Gasteiger partial charge in [-0.2, -0.15) is 0 Å². The van der Waals surface area contributed by atoms with E-state index >= 15 is 0 Å². The van der Waals surface area contributed by atoms with Crippen LogP contribution in [0.25, 0.3) is 11.3 Å². The van der Waals surface area contributed by atoms with Crippen LogP contribution in [0.2, 0.25) is 0 Å². The minimum Gasteiger partial charge on any atom is -0.427 e. The lowest BCUT2D eigenvalue weighted by atomic mass is 10.1. The predicted octanol–water partition coefficient (Wildman–Crippen LogP) is 1.69. The van der Waals surface area contributed by atoms with Gasteiger partial charge in [-0.05, 0) is 38.5 Å². The second kappa shape index (κ2) is 7.88. The first kappa shape index (κ1) is 19.9. The number of sulfone groups is 1. The van der Waals surface area contributed by atoms with Gasteiger partial charge in [-0.15, -0.1) is 11.5 Å². The molecule has 0 bridgehead atoms. The van der Waals surface area contributed by atoms with Crippen LogP contribution >= 0.6 is 0 Å². The smallest absolute Gasteiger partial charge is 0.266 e. The third-order valence-corrected chi connectivity index (χ3v) is 5.77. The molecule has 0 saturated heterocycles. The molecular weight excluding hydrogens is 366 g/mol. The van der Waals surface area contributed by atoms with E-state index < -0.39 is 15.1 Å². The van der Waals surface area contributed by atoms with Crippen LogP contribution in [0.1, 0.15) is 19.5 Å². The molecule has 0 spiro atoms. The quantitative estimate of drug-likeness (QED) is 0.200. The molecule has 2 rings (SSSR count). The number of benzene rings is 1. The lowest BCUT2D eigenvalue weighted by molar-refractivity contribution is 0.440. The number of nitrogens with two attached hydrogens (primary N) is 2. The van der Waals surface area contributed by atoms with E-state index in [0.29, 0.717) is 11.3 Å². The summed E-state index contributed by atoms with van der Waals surface area (Å²) >= 11 is 0. The Morgan fingerprint density at radius 1 is 1.33 bits per heavy atom. The molecule has 0 aliphatic heterocycles. The number of hydrogen-bond acceptors (Lipinski definition) is 8. The van der Waals surface area contributed by atoms with E-state index in [1.54, 1.807) is 26.0 Å². The van der Waals surface area contributed by atoms with Gasteiger partial charge in [0.25, 0.3) is 5.90 Å². The van der Waals surface area contributed by atoms with Crippen molar-refractivity contribution in [2.45, 2.75) is 24.0 Å². The molecule has 2 aromatic rings. The lowest BCUT2D eigenvalue weighted by Crippen LogP contribution is -2.15. The molecule has 0 saturated carbocycles. The first-order valence-corrected chi connectivity index (χ1v) is 9.33. The summed E-state index contributed by atoms with van der Waals surface area (Å²) in [6.45, 7) is 6.75. The number of nitrogens with zero attached hydrogens (tertiary/aromatic N) is 3. The average Bonchev–Trinajstić information content (AvgIpc) is 2.66. The maximum atomic E-state index is 12.2. The molecule has 0 unspecified atom stereocenters. The summed E-state index contributed by atoms with van der Waals surface area (Å²) in [5.74, 6) is 7.40. The van der Waals surface area contributed by atoms with Crippen LogP contribution < -0.4 is 11.6 Å². The van der Waals surface area contributed by atoms with Gasteiger partial charge in [0.1, 0.15) is 0 Å². The standard InChI is InChI=1S/C18H19N5O3S/c1-5-12(4)26-18(23-20)16-17(19)21-10-15(22-16)13-6-8-14(9-7-13)27(24,25)11(2)3/h1,6-11H,4,20H2,2-3H3,(H2,19,21)/b23-18-. The minimum absolute atomic E-state index is 0.0194. The minimum atomic E-state index is -3.36. The van der Waals surface area contributed by atoms with Crippen LogP contribution in [0.3, 0.4) is 0 Å². The summed E-state index contributed by atoms with van der Waals surface area (Å²) < 4.78 is 29.7. The number of terminal acetylenes is 1. The lowest BCUT2D eigenvalue weighted by Gasteiger charge is -2.11. The Kier molecular flexibility index (Phi) is 5.82. The fourth-order valence-electron chi connectivity index (χ4n) is 2.06. The van der Waals surface area contributed by atoms with E-state index in [-0.39, 0.29) is 28.1 Å². The van der Waals surface area contributed by atoms with Gasteiger partial charge in [-0.25, -0.2) is 18.4 Å². The van der Waals surface area contributed by atoms with Gasteiger partial charge in [0.2, 0.25) is 0 Å². The molecule has 1 aromatic carbocycles. The first-order chi connectivity index (χ1) is 12.7. The normalized spacial score (nSPS) is 11.9. The Balaban J connectivity index is 2.44. The predicted molar refractivity (Wildman–Crippen MR) is 104 cm³/mol. The van der Waals surface area contributed by atoms with Gasteiger partial charge < -0.3 is 16.3 Å². The van der Waals surface area contributed by atoms with Crippen LogP contribution in [-0.2, 0) is 14.6 Å². The van der Waals surface area contributed by atoms with Crippen molar-refractivity contribution >= 4 is 21.6 Å². The summed E-state index contributed by atoms with van der Waals surface area (Å²) in [6.07, 6.45) is 6.64. The number of hydrazone groups is 1. The van der Waals surface area contributed by atoms with Crippen molar-refractivity contribution in [2.75, 3.05) is 5.73 Å². The maximum Gasteiger partial charge on any atom is 0.266 e. The number of rotatable bonds is 5. The molecule has 0 fully saturated rings. The maximum absolute atomic E-state index is 12.2. The van der Waals surface area contributed by atoms with Crippen molar-refractivity contribution in [3.8, 4) is 23.6 Å². The van der Waals surface area contributed by atoms with Crippen LogP contribution in [-0.4, -0.2) is 29.5 Å². The van der Waals surface area contributed by atoms with Crippen molar-refractivity contribution in [2.24, 2.45) is 10.9 Å². The van der Waals surface area contributed by atoms with E-state index in [9.17, 15) is 8.42 Å². The fraction of sp³-hybridized carbons (Fsp3) is 0.167. The van der Waals surface area contributed by atoms with Crippen molar-refractivity contribution in [3.63, 3.8) is 0 Å². The highest BCUT2D eigenvalue weighted by atomic mass is 32.2. The molecule has 1 heterocycles. The molecular formula is C18H19N5O3S. The second-order valence-corrected chi connectivity index (χ2v) is 8.22. The zero-order valence-electron chi connectivity index (χ0n) is 14.9. The Morgan fingerprint density at radius 3 is 2.48 bits per heavy atom. The summed E-state index contributed by atoms with van der Waals surface area (Å²) in [6, 6.07) is 6.27. The third kappa shape index (κ3) is 4.24. The number of aromatic nitrogens is 2. The summed E-state index contributed by atoms with van der Waals surface area (Å²) in [5.41, 5.74) is 6.96. The monoisotopic (exact) mass is 385 g/mol. The average molecular weight is 385 g/mol. The zero-order chi connectivity index (χ0) is 20.2. The van der Waals surface area contributed by atoms with Crippen LogP contribution in [0.4, 0.5) is 5.82 Å². The van der Waals surface area contributed by atoms with Crippen molar-refractivity contribution in [1.29, 1.82) is 0 Å². The second-order valence-electron chi connectivity index (χ2n) is 5.71. The zero-order valence-corrected chi connectivity index (χ0v) is 15.7. The summed E-state index contributed by atoms with van der Waals surface area (Å²) in [5, 5.41) is 2.97. The SMILES string of the molecule is C#CC(=C)O/C(=N\N)c1nc(-c2ccc(S(=O)(=O)C(C)C)cc2)cnc1N. The number of anilines is 1. The highest BCUT2D eigenvalue weighted by molar-refractivity contribution is 7.92. The molecule has 0 radical (unpaired) electrons. The van der Waals surface area contributed by atoms with Crippen LogP contribution in [0.15, 0.2) is 52.8 Å². The Hall–Kier alpha value is -3.38. The van der Waals surface area contributed by atoms with E-state index in [1.165, 1.54) is 18.3 Å². The van der Waals surface area contributed by atoms with Crippen molar-refractivity contribution < 1.29 is 13.2 Å².